The van der Waals surface area contributed by atoms with Crippen molar-refractivity contribution < 1.29 is 4.79 Å². The van der Waals surface area contributed by atoms with Crippen LogP contribution in [0.1, 0.15) is 23.1 Å². The zero-order valence-corrected chi connectivity index (χ0v) is 16.9. The van der Waals surface area contributed by atoms with Crippen LogP contribution in [0.25, 0.3) is 0 Å². The molecule has 0 unspecified atom stereocenters. The number of carbonyl (C=O) groups excluding carboxylic acids is 1. The van der Waals surface area contributed by atoms with E-state index >= 15 is 0 Å². The minimum absolute atomic E-state index is 0.127. The molecule has 28 heavy (non-hydrogen) atoms. The summed E-state index contributed by atoms with van der Waals surface area (Å²) in [4.78, 5) is 24.7. The predicted molar refractivity (Wildman–Crippen MR) is 112 cm³/mol. The van der Waals surface area contributed by atoms with Crippen LogP contribution in [-0.4, -0.2) is 52.7 Å². The monoisotopic (exact) mass is 392 g/mol. The number of nitrogens with zero attached hydrogens (tertiary/aromatic N) is 4. The average molecular weight is 393 g/mol. The maximum absolute atomic E-state index is 13.5. The van der Waals surface area contributed by atoms with E-state index in [2.05, 4.69) is 62.8 Å². The van der Waals surface area contributed by atoms with Gasteiger partial charge in [-0.1, -0.05) is 29.8 Å². The van der Waals surface area contributed by atoms with Crippen LogP contribution in [-0.2, 0) is 17.9 Å². The van der Waals surface area contributed by atoms with Crippen molar-refractivity contribution in [1.82, 2.24) is 14.7 Å². The van der Waals surface area contributed by atoms with Crippen LogP contribution in [0.15, 0.2) is 57.4 Å². The number of carbonyl (C=O) groups is 1. The summed E-state index contributed by atoms with van der Waals surface area (Å²) in [5, 5.41) is 4.31. The quantitative estimate of drug-likeness (QED) is 0.802. The smallest absolute Gasteiger partial charge is 0.259 e. The molecule has 1 amide bonds. The summed E-state index contributed by atoms with van der Waals surface area (Å²) in [5.74, 6) is 0.970. The number of benzene rings is 1. The second-order valence-electron chi connectivity index (χ2n) is 7.73. The van der Waals surface area contributed by atoms with E-state index in [1.807, 2.05) is 4.90 Å². The van der Waals surface area contributed by atoms with E-state index in [0.29, 0.717) is 6.54 Å². The number of hydrogen-bond donors (Lipinski definition) is 0. The molecule has 5 nitrogen and oxygen atoms in total. The Balaban J connectivity index is 1.41. The molecule has 1 aromatic carbocycles. The highest BCUT2D eigenvalue weighted by Gasteiger charge is 2.40. The molecular weight excluding hydrogens is 368 g/mol. The minimum Gasteiger partial charge on any atom is -0.314 e. The van der Waals surface area contributed by atoms with E-state index in [4.69, 9.17) is 0 Å². The lowest BCUT2D eigenvalue weighted by atomic mass is 10.00. The van der Waals surface area contributed by atoms with E-state index in [9.17, 15) is 4.79 Å². The molecule has 0 N–H and O–H groups in total. The number of amides is 1. The van der Waals surface area contributed by atoms with Gasteiger partial charge in [0.25, 0.3) is 5.91 Å². The van der Waals surface area contributed by atoms with Gasteiger partial charge < -0.3 is 4.90 Å². The molecular formula is C22H24N4OS. The second kappa shape index (κ2) is 7.18. The molecule has 0 radical (unpaired) electrons. The summed E-state index contributed by atoms with van der Waals surface area (Å²) in [6.45, 7) is 6.93. The molecule has 0 atom stereocenters. The van der Waals surface area contributed by atoms with Crippen LogP contribution >= 0.6 is 11.3 Å². The Kier molecular flexibility index (Phi) is 4.53. The molecule has 2 aromatic rings. The van der Waals surface area contributed by atoms with Crippen LogP contribution in [0.3, 0.4) is 0 Å². The molecule has 4 heterocycles. The lowest BCUT2D eigenvalue weighted by Gasteiger charge is -2.42. The third kappa shape index (κ3) is 3.16. The molecule has 1 aromatic heterocycles. The van der Waals surface area contributed by atoms with Crippen LogP contribution in [0.2, 0.25) is 0 Å². The van der Waals surface area contributed by atoms with Crippen molar-refractivity contribution in [3.8, 4) is 0 Å². The highest BCUT2D eigenvalue weighted by atomic mass is 32.1. The maximum Gasteiger partial charge on any atom is 0.259 e. The molecule has 144 valence electrons. The zero-order valence-electron chi connectivity index (χ0n) is 16.1. The molecule has 0 spiro atoms. The normalized spacial score (nSPS) is 19.8. The van der Waals surface area contributed by atoms with Crippen molar-refractivity contribution in [3.05, 3.63) is 69.1 Å². The predicted octanol–water partition coefficient (Wildman–Crippen LogP) is 3.23. The van der Waals surface area contributed by atoms with Gasteiger partial charge in [-0.05, 0) is 34.9 Å². The van der Waals surface area contributed by atoms with Crippen molar-refractivity contribution in [2.24, 2.45) is 4.99 Å². The fourth-order valence-electron chi connectivity index (χ4n) is 4.27. The topological polar surface area (TPSA) is 39.2 Å². The van der Waals surface area contributed by atoms with E-state index in [0.717, 1.165) is 56.2 Å². The molecule has 0 saturated carbocycles. The van der Waals surface area contributed by atoms with E-state index < -0.39 is 0 Å². The van der Waals surface area contributed by atoms with Gasteiger partial charge in [0.05, 0.1) is 18.7 Å². The third-order valence-electron chi connectivity index (χ3n) is 5.73. The van der Waals surface area contributed by atoms with Crippen LogP contribution < -0.4 is 0 Å². The highest BCUT2D eigenvalue weighted by Crippen LogP contribution is 2.32. The molecule has 5 rings (SSSR count). The summed E-state index contributed by atoms with van der Waals surface area (Å²) < 4.78 is 0. The molecule has 6 heteroatoms. The SMILES string of the molecule is Cc1ccc(CN2C(=O)C3=C(CCN(Cc4ccsc4)C3)N3CCN=C23)cc1. The van der Waals surface area contributed by atoms with Gasteiger partial charge in [-0.2, -0.15) is 11.3 Å². The number of guanidine groups is 1. The number of aliphatic imine (C=N–C) groups is 1. The van der Waals surface area contributed by atoms with Crippen molar-refractivity contribution >= 4 is 23.2 Å². The van der Waals surface area contributed by atoms with Gasteiger partial charge in [-0.3, -0.25) is 19.6 Å². The van der Waals surface area contributed by atoms with Gasteiger partial charge in [0.15, 0.2) is 0 Å². The minimum atomic E-state index is 0.127. The summed E-state index contributed by atoms with van der Waals surface area (Å²) in [6, 6.07) is 10.6. The fraction of sp³-hybridized carbons (Fsp3) is 0.364. The van der Waals surface area contributed by atoms with Gasteiger partial charge in [0.1, 0.15) is 0 Å². The lowest BCUT2D eigenvalue weighted by molar-refractivity contribution is -0.125. The Hall–Kier alpha value is -2.44. The van der Waals surface area contributed by atoms with Gasteiger partial charge in [0.2, 0.25) is 5.96 Å². The van der Waals surface area contributed by atoms with Gasteiger partial charge >= 0.3 is 0 Å². The third-order valence-corrected chi connectivity index (χ3v) is 6.46. The Bertz CT molecular complexity index is 945. The number of thiophene rings is 1. The Morgan fingerprint density at radius 3 is 2.71 bits per heavy atom. The van der Waals surface area contributed by atoms with E-state index in [1.165, 1.54) is 16.8 Å². The Morgan fingerprint density at radius 2 is 1.93 bits per heavy atom. The first-order valence-electron chi connectivity index (χ1n) is 9.84. The summed E-state index contributed by atoms with van der Waals surface area (Å²) in [7, 11) is 0. The lowest BCUT2D eigenvalue weighted by Crippen LogP contribution is -2.53. The maximum atomic E-state index is 13.5. The number of hydrogen-bond acceptors (Lipinski definition) is 5. The first-order chi connectivity index (χ1) is 13.7. The van der Waals surface area contributed by atoms with Crippen LogP contribution in [0.5, 0.6) is 0 Å². The van der Waals surface area contributed by atoms with Crippen molar-refractivity contribution in [1.29, 1.82) is 0 Å². The molecule has 0 aliphatic carbocycles. The summed E-state index contributed by atoms with van der Waals surface area (Å²) in [5.41, 5.74) is 5.85. The highest BCUT2D eigenvalue weighted by molar-refractivity contribution is 7.07. The molecule has 3 aliphatic heterocycles. The van der Waals surface area contributed by atoms with Gasteiger partial charge in [-0.15, -0.1) is 0 Å². The summed E-state index contributed by atoms with van der Waals surface area (Å²) >= 11 is 1.73. The van der Waals surface area contributed by atoms with Crippen LogP contribution in [0, 0.1) is 6.92 Å². The summed E-state index contributed by atoms with van der Waals surface area (Å²) in [6.07, 6.45) is 0.919. The first-order valence-corrected chi connectivity index (χ1v) is 10.8. The van der Waals surface area contributed by atoms with E-state index in [1.54, 1.807) is 11.3 Å². The van der Waals surface area contributed by atoms with Gasteiger partial charge in [0, 0.05) is 38.3 Å². The Morgan fingerprint density at radius 1 is 1.07 bits per heavy atom. The number of fused-ring (bicyclic) bond motifs is 2. The zero-order chi connectivity index (χ0) is 19.1. The molecule has 0 fully saturated rings. The number of aryl methyl sites for hydroxylation is 1. The van der Waals surface area contributed by atoms with Crippen molar-refractivity contribution in [2.75, 3.05) is 26.2 Å². The first kappa shape index (κ1) is 17.6. The Labute approximate surface area is 169 Å². The van der Waals surface area contributed by atoms with Crippen molar-refractivity contribution in [3.63, 3.8) is 0 Å². The number of rotatable bonds is 4. The second-order valence-corrected chi connectivity index (χ2v) is 8.51. The largest absolute Gasteiger partial charge is 0.314 e. The van der Waals surface area contributed by atoms with Gasteiger partial charge in [-0.25, -0.2) is 0 Å². The molecule has 0 saturated heterocycles. The standard InChI is InChI=1S/C22H24N4OS/c1-16-2-4-17(5-3-16)13-26-21(27)19-14-24(12-18-7-11-28-15-18)9-6-20(19)25-10-8-23-22(25)26/h2-5,7,11,15H,6,8-10,12-14H2,1H3. The van der Waals surface area contributed by atoms with Crippen molar-refractivity contribution in [2.45, 2.75) is 26.4 Å². The average Bonchev–Trinajstić information content (AvgIpc) is 3.39. The van der Waals surface area contributed by atoms with E-state index in [-0.39, 0.29) is 5.91 Å². The molecule has 3 aliphatic rings. The van der Waals surface area contributed by atoms with Crippen LogP contribution in [0.4, 0.5) is 0 Å². The molecule has 0 bridgehead atoms. The fourth-order valence-corrected chi connectivity index (χ4v) is 4.93.